The Labute approximate surface area is 211 Å². The highest BCUT2D eigenvalue weighted by Crippen LogP contribution is 2.29. The maximum Gasteiger partial charge on any atom is 0.204 e. The third kappa shape index (κ3) is 6.24. The molecule has 3 aromatic heterocycles. The number of primary amides is 1. The lowest BCUT2D eigenvalue weighted by Crippen LogP contribution is -2.38. The normalized spacial score (nSPS) is 17.4. The minimum absolute atomic E-state index is 0.250. The Kier molecular flexibility index (Phi) is 8.45. The first-order valence-corrected chi connectivity index (χ1v) is 12.9. The molecule has 0 radical (unpaired) electrons. The van der Waals surface area contributed by atoms with Crippen LogP contribution in [0.3, 0.4) is 0 Å². The van der Waals surface area contributed by atoms with Gasteiger partial charge in [-0.1, -0.05) is 24.3 Å². The summed E-state index contributed by atoms with van der Waals surface area (Å²) >= 11 is 1.83. The maximum absolute atomic E-state index is 8.58. The van der Waals surface area contributed by atoms with E-state index in [0.717, 1.165) is 30.0 Å². The van der Waals surface area contributed by atoms with Gasteiger partial charge in [0.05, 0.1) is 16.1 Å². The molecule has 1 aliphatic carbocycles. The van der Waals surface area contributed by atoms with E-state index in [4.69, 9.17) is 9.78 Å². The molecule has 35 heavy (non-hydrogen) atoms. The molecule has 1 saturated carbocycles. The molecule has 1 amide bonds. The zero-order valence-electron chi connectivity index (χ0n) is 20.3. The minimum atomic E-state index is 0.250. The minimum Gasteiger partial charge on any atom is -0.372 e. The second kappa shape index (κ2) is 11.9. The zero-order valence-corrected chi connectivity index (χ0v) is 21.1. The van der Waals surface area contributed by atoms with Gasteiger partial charge in [-0.25, -0.2) is 4.98 Å². The SMILES string of the molecule is Cc1c(NC2CCCC(NCc3ccc(-c4ccccn4)s3)C2)nc2ccccc2c1C.NC=O. The number of rotatable bonds is 6. The predicted octanol–water partition coefficient (Wildman–Crippen LogP) is 5.59. The topological polar surface area (TPSA) is 92.9 Å². The smallest absolute Gasteiger partial charge is 0.204 e. The van der Waals surface area contributed by atoms with Gasteiger partial charge in [-0.2, -0.15) is 0 Å². The van der Waals surface area contributed by atoms with Crippen LogP contribution in [0.4, 0.5) is 5.82 Å². The second-order valence-corrected chi connectivity index (χ2v) is 10.1. The summed E-state index contributed by atoms with van der Waals surface area (Å²) in [6.45, 7) is 5.31. The molecule has 5 rings (SSSR count). The van der Waals surface area contributed by atoms with Crippen molar-refractivity contribution in [2.45, 2.75) is 58.2 Å². The molecule has 1 fully saturated rings. The van der Waals surface area contributed by atoms with Crippen molar-refractivity contribution in [2.75, 3.05) is 5.32 Å². The van der Waals surface area contributed by atoms with Crippen LogP contribution in [0.25, 0.3) is 21.5 Å². The largest absolute Gasteiger partial charge is 0.372 e. The summed E-state index contributed by atoms with van der Waals surface area (Å²) in [5, 5.41) is 8.83. The Hall–Kier alpha value is -3.29. The number of pyridine rings is 2. The number of para-hydroxylation sites is 1. The fourth-order valence-corrected chi connectivity index (χ4v) is 5.61. The van der Waals surface area contributed by atoms with Crippen LogP contribution in [-0.2, 0) is 11.3 Å². The van der Waals surface area contributed by atoms with Gasteiger partial charge in [0.15, 0.2) is 0 Å². The highest BCUT2D eigenvalue weighted by Gasteiger charge is 2.23. The molecule has 4 aromatic rings. The van der Waals surface area contributed by atoms with Gasteiger partial charge in [0.1, 0.15) is 5.82 Å². The van der Waals surface area contributed by atoms with E-state index >= 15 is 0 Å². The average molecular weight is 488 g/mol. The Balaban J connectivity index is 0.000000917. The van der Waals surface area contributed by atoms with E-state index < -0.39 is 0 Å². The van der Waals surface area contributed by atoms with Crippen molar-refractivity contribution in [3.05, 3.63) is 76.8 Å². The number of nitrogens with zero attached hydrogens (tertiary/aromatic N) is 2. The molecule has 0 spiro atoms. The number of hydrogen-bond donors (Lipinski definition) is 3. The van der Waals surface area contributed by atoms with E-state index in [1.54, 1.807) is 0 Å². The number of fused-ring (bicyclic) bond motifs is 1. The molecular weight excluding hydrogens is 454 g/mol. The number of nitrogens with one attached hydrogen (secondary N) is 2. The fraction of sp³-hybridized carbons (Fsp3) is 0.321. The molecular formula is C28H33N5OS. The summed E-state index contributed by atoms with van der Waals surface area (Å²) in [5.41, 5.74) is 8.88. The van der Waals surface area contributed by atoms with Crippen LogP contribution in [-0.4, -0.2) is 28.5 Å². The number of nitrogens with two attached hydrogens (primary N) is 1. The maximum atomic E-state index is 8.58. The molecule has 7 heteroatoms. The van der Waals surface area contributed by atoms with Gasteiger partial charge in [0.25, 0.3) is 0 Å². The molecule has 1 aliphatic rings. The lowest BCUT2D eigenvalue weighted by atomic mass is 9.90. The van der Waals surface area contributed by atoms with Crippen molar-refractivity contribution in [1.29, 1.82) is 0 Å². The summed E-state index contributed by atoms with van der Waals surface area (Å²) < 4.78 is 0. The van der Waals surface area contributed by atoms with Crippen LogP contribution in [0.2, 0.25) is 0 Å². The third-order valence-electron chi connectivity index (χ3n) is 6.62. The number of aromatic nitrogens is 2. The Morgan fingerprint density at radius 2 is 1.80 bits per heavy atom. The van der Waals surface area contributed by atoms with Gasteiger partial charge in [-0.15, -0.1) is 11.3 Å². The van der Waals surface area contributed by atoms with Crippen LogP contribution >= 0.6 is 11.3 Å². The van der Waals surface area contributed by atoms with Crippen LogP contribution < -0.4 is 16.4 Å². The molecule has 0 aliphatic heterocycles. The number of amides is 1. The van der Waals surface area contributed by atoms with E-state index in [9.17, 15) is 0 Å². The lowest BCUT2D eigenvalue weighted by molar-refractivity contribution is -0.106. The molecule has 2 unspecified atom stereocenters. The van der Waals surface area contributed by atoms with Crippen molar-refractivity contribution >= 4 is 34.5 Å². The molecule has 1 aromatic carbocycles. The molecule has 182 valence electrons. The number of aryl methyl sites for hydroxylation is 1. The zero-order chi connectivity index (χ0) is 24.6. The Morgan fingerprint density at radius 3 is 2.60 bits per heavy atom. The first-order valence-electron chi connectivity index (χ1n) is 12.1. The van der Waals surface area contributed by atoms with E-state index in [2.05, 4.69) is 77.7 Å². The quantitative estimate of drug-likeness (QED) is 0.308. The number of thiophene rings is 1. The standard InChI is InChI=1S/C27H30N4S.CH3NO/c1-18-19(2)27(31-24-11-4-3-10-23(18)24)30-21-9-7-8-20(16-21)29-17-22-13-14-26(32-22)25-12-5-6-15-28-25;2-1-3/h3-6,10-15,20-21,29H,7-9,16-17H2,1-2H3,(H,30,31);1H,(H2,2,3). The summed E-state index contributed by atoms with van der Waals surface area (Å²) in [4.78, 5) is 20.6. The van der Waals surface area contributed by atoms with E-state index in [0.29, 0.717) is 12.1 Å². The number of carbonyl (C=O) groups is 1. The van der Waals surface area contributed by atoms with E-state index in [1.165, 1.54) is 45.5 Å². The number of hydrogen-bond acceptors (Lipinski definition) is 6. The van der Waals surface area contributed by atoms with Gasteiger partial charge < -0.3 is 16.4 Å². The molecule has 4 N–H and O–H groups in total. The highest BCUT2D eigenvalue weighted by atomic mass is 32.1. The van der Waals surface area contributed by atoms with Gasteiger partial charge >= 0.3 is 0 Å². The fourth-order valence-electron chi connectivity index (χ4n) is 4.68. The summed E-state index contributed by atoms with van der Waals surface area (Å²) in [7, 11) is 0. The van der Waals surface area contributed by atoms with Crippen LogP contribution in [0.1, 0.15) is 41.7 Å². The molecule has 3 heterocycles. The highest BCUT2D eigenvalue weighted by molar-refractivity contribution is 7.15. The van der Waals surface area contributed by atoms with Crippen LogP contribution in [0.5, 0.6) is 0 Å². The van der Waals surface area contributed by atoms with Gasteiger partial charge in [0.2, 0.25) is 6.41 Å². The average Bonchev–Trinajstić information content (AvgIpc) is 3.36. The molecule has 0 saturated heterocycles. The van der Waals surface area contributed by atoms with Gasteiger partial charge in [-0.3, -0.25) is 9.78 Å². The van der Waals surface area contributed by atoms with Crippen LogP contribution in [0, 0.1) is 13.8 Å². The predicted molar refractivity (Wildman–Crippen MR) is 146 cm³/mol. The van der Waals surface area contributed by atoms with E-state index in [1.807, 2.05) is 29.7 Å². The molecule has 0 bridgehead atoms. The first kappa shape index (κ1) is 24.8. The van der Waals surface area contributed by atoms with Gasteiger partial charge in [0, 0.05) is 35.1 Å². The number of anilines is 1. The number of benzene rings is 1. The molecule has 6 nitrogen and oxygen atoms in total. The van der Waals surface area contributed by atoms with Crippen molar-refractivity contribution in [1.82, 2.24) is 15.3 Å². The van der Waals surface area contributed by atoms with Crippen molar-refractivity contribution in [3.63, 3.8) is 0 Å². The second-order valence-electron chi connectivity index (χ2n) is 8.93. The van der Waals surface area contributed by atoms with Crippen molar-refractivity contribution in [3.8, 4) is 10.6 Å². The number of carbonyl (C=O) groups excluding carboxylic acids is 1. The Bertz CT molecular complexity index is 1260. The monoisotopic (exact) mass is 487 g/mol. The Morgan fingerprint density at radius 1 is 1.03 bits per heavy atom. The first-order chi connectivity index (χ1) is 17.1. The van der Waals surface area contributed by atoms with Crippen molar-refractivity contribution < 1.29 is 4.79 Å². The summed E-state index contributed by atoms with van der Waals surface area (Å²) in [5.74, 6) is 1.05. The van der Waals surface area contributed by atoms with Crippen molar-refractivity contribution in [2.24, 2.45) is 5.73 Å². The van der Waals surface area contributed by atoms with Gasteiger partial charge in [-0.05, 0) is 81.0 Å². The lowest BCUT2D eigenvalue weighted by Gasteiger charge is -2.31. The van der Waals surface area contributed by atoms with E-state index in [-0.39, 0.29) is 6.41 Å². The molecule has 2 atom stereocenters. The van der Waals surface area contributed by atoms with Crippen LogP contribution in [0.15, 0.2) is 60.8 Å². The third-order valence-corrected chi connectivity index (χ3v) is 7.72. The summed E-state index contributed by atoms with van der Waals surface area (Å²) in [6, 6.07) is 19.9. The summed E-state index contributed by atoms with van der Waals surface area (Å²) in [6.07, 6.45) is 6.92.